The number of rotatable bonds is 8. The minimum Gasteiger partial charge on any atom is -0.463 e. The summed E-state index contributed by atoms with van der Waals surface area (Å²) in [6.45, 7) is 6.53. The van der Waals surface area contributed by atoms with Crippen LogP contribution in [0.1, 0.15) is 43.0 Å². The largest absolute Gasteiger partial charge is 0.463 e. The summed E-state index contributed by atoms with van der Waals surface area (Å²) >= 11 is 0. The van der Waals surface area contributed by atoms with Crippen LogP contribution >= 0.6 is 0 Å². The van der Waals surface area contributed by atoms with E-state index in [2.05, 4.69) is 59.3 Å². The number of hydrogen-bond donors (Lipinski definition) is 3. The van der Waals surface area contributed by atoms with E-state index in [1.807, 2.05) is 25.1 Å². The predicted octanol–water partition coefficient (Wildman–Crippen LogP) is 2.56. The van der Waals surface area contributed by atoms with Crippen LogP contribution in [0.2, 0.25) is 0 Å². The summed E-state index contributed by atoms with van der Waals surface area (Å²) in [5, 5.41) is 7.80. The highest BCUT2D eigenvalue weighted by Gasteiger charge is 2.32. The van der Waals surface area contributed by atoms with Gasteiger partial charge in [0.15, 0.2) is 0 Å². The molecule has 30 heavy (non-hydrogen) atoms. The van der Waals surface area contributed by atoms with Gasteiger partial charge in [0.25, 0.3) is 0 Å². The van der Waals surface area contributed by atoms with Crippen molar-refractivity contribution in [2.75, 3.05) is 13.2 Å². The van der Waals surface area contributed by atoms with Gasteiger partial charge in [-0.3, -0.25) is 0 Å². The molecule has 158 valence electrons. The monoisotopic (exact) mass is 408 g/mol. The van der Waals surface area contributed by atoms with Gasteiger partial charge in [0.1, 0.15) is 12.6 Å². The normalized spacial score (nSPS) is 17.2. The predicted molar refractivity (Wildman–Crippen MR) is 116 cm³/mol. The maximum atomic E-state index is 12.6. The maximum Gasteiger partial charge on any atom is 0.338 e. The first-order chi connectivity index (χ1) is 14.5. The Morgan fingerprint density at radius 1 is 1.07 bits per heavy atom. The van der Waals surface area contributed by atoms with Gasteiger partial charge in [-0.2, -0.15) is 0 Å². The molecule has 0 aliphatic carbocycles. The number of nitrogens with two attached hydrogens (primary N) is 1. The molecule has 4 N–H and O–H groups in total. The van der Waals surface area contributed by atoms with Crippen LogP contribution in [0.5, 0.6) is 0 Å². The molecule has 0 saturated heterocycles. The van der Waals surface area contributed by atoms with E-state index in [-0.39, 0.29) is 24.1 Å². The van der Waals surface area contributed by atoms with Crippen LogP contribution in [-0.4, -0.2) is 31.2 Å². The Labute approximate surface area is 177 Å². The smallest absolute Gasteiger partial charge is 0.338 e. The lowest BCUT2D eigenvalue weighted by Gasteiger charge is -2.28. The Hall–Kier alpha value is -3.12. The van der Waals surface area contributed by atoms with Crippen LogP contribution in [0.3, 0.4) is 0 Å². The number of hydrogen-bond acceptors (Lipinski definition) is 3. The van der Waals surface area contributed by atoms with Gasteiger partial charge >= 0.3 is 12.0 Å². The second kappa shape index (κ2) is 10.1. The molecule has 1 heterocycles. The lowest BCUT2D eigenvalue weighted by atomic mass is 9.96. The van der Waals surface area contributed by atoms with Gasteiger partial charge < -0.3 is 20.7 Å². The van der Waals surface area contributed by atoms with Crippen LogP contribution in [0.25, 0.3) is 0 Å². The fourth-order valence-electron chi connectivity index (χ4n) is 3.76. The first kappa shape index (κ1) is 21.6. The highest BCUT2D eigenvalue weighted by atomic mass is 16.5. The van der Waals surface area contributed by atoms with Gasteiger partial charge in [-0.05, 0) is 20.3 Å². The summed E-state index contributed by atoms with van der Waals surface area (Å²) in [6, 6.07) is 18.1. The molecular formula is C24H30N3O3+. The quantitative estimate of drug-likeness (QED) is 0.587. The zero-order chi connectivity index (χ0) is 21.5. The lowest BCUT2D eigenvalue weighted by molar-refractivity contribution is -0.680. The number of ether oxygens (including phenoxy) is 1. The number of esters is 1. The SMILES string of the molecule is CCOC(=O)C1=C(C[NH2+][C@H](c2ccccc2)c2ccc(C)cc2)NC(=O)N[C@H]1CC. The molecule has 0 unspecified atom stereocenters. The maximum absolute atomic E-state index is 12.6. The Kier molecular flexibility index (Phi) is 7.25. The lowest BCUT2D eigenvalue weighted by Crippen LogP contribution is -2.86. The molecule has 6 nitrogen and oxygen atoms in total. The van der Waals surface area contributed by atoms with E-state index in [0.717, 1.165) is 11.1 Å². The molecule has 0 saturated carbocycles. The van der Waals surface area contributed by atoms with Gasteiger partial charge in [-0.1, -0.05) is 67.1 Å². The zero-order valence-corrected chi connectivity index (χ0v) is 17.8. The summed E-state index contributed by atoms with van der Waals surface area (Å²) < 4.78 is 5.27. The molecule has 3 rings (SSSR count). The molecule has 0 bridgehead atoms. The molecule has 2 atom stereocenters. The third kappa shape index (κ3) is 5.07. The van der Waals surface area contributed by atoms with E-state index in [1.54, 1.807) is 6.92 Å². The van der Waals surface area contributed by atoms with Gasteiger partial charge in [0.05, 0.1) is 23.9 Å². The van der Waals surface area contributed by atoms with Crippen LogP contribution in [-0.2, 0) is 9.53 Å². The molecule has 6 heteroatoms. The first-order valence-corrected chi connectivity index (χ1v) is 10.5. The summed E-state index contributed by atoms with van der Waals surface area (Å²) in [4.78, 5) is 24.8. The standard InChI is InChI=1S/C24H29N3O3/c1-4-19-21(23(28)30-5-2)20(27-24(29)26-19)15-25-22(17-9-7-6-8-10-17)18-13-11-16(3)12-14-18/h6-14,19,22,25H,4-5,15H2,1-3H3,(H2,26,27,29)/p+1/t19-,22+/m0/s1. The summed E-state index contributed by atoms with van der Waals surface area (Å²) in [6.07, 6.45) is 0.616. The van der Waals surface area contributed by atoms with Crippen LogP contribution in [0.15, 0.2) is 65.9 Å². The Balaban J connectivity index is 1.92. The van der Waals surface area contributed by atoms with E-state index in [0.29, 0.717) is 30.8 Å². The molecule has 0 aromatic heterocycles. The highest BCUT2D eigenvalue weighted by Crippen LogP contribution is 2.20. The van der Waals surface area contributed by atoms with Crippen molar-refractivity contribution < 1.29 is 19.6 Å². The third-order valence-electron chi connectivity index (χ3n) is 5.30. The van der Waals surface area contributed by atoms with Crippen molar-refractivity contribution in [2.45, 2.75) is 39.3 Å². The van der Waals surface area contributed by atoms with Crippen molar-refractivity contribution in [3.63, 3.8) is 0 Å². The number of aryl methyl sites for hydroxylation is 1. The number of urea groups is 1. The van der Waals surface area contributed by atoms with E-state index < -0.39 is 0 Å². The van der Waals surface area contributed by atoms with Crippen molar-refractivity contribution >= 4 is 12.0 Å². The summed E-state index contributed by atoms with van der Waals surface area (Å²) in [5.74, 6) is -0.383. The molecule has 2 aromatic carbocycles. The van der Waals surface area contributed by atoms with Crippen molar-refractivity contribution in [2.24, 2.45) is 0 Å². The summed E-state index contributed by atoms with van der Waals surface area (Å²) in [5.41, 5.74) is 4.64. The van der Waals surface area contributed by atoms with Crippen molar-refractivity contribution in [1.29, 1.82) is 0 Å². The number of benzene rings is 2. The van der Waals surface area contributed by atoms with E-state index in [1.165, 1.54) is 5.56 Å². The third-order valence-corrected chi connectivity index (χ3v) is 5.30. The molecule has 0 radical (unpaired) electrons. The number of amides is 2. The molecule has 1 aliphatic heterocycles. The first-order valence-electron chi connectivity index (χ1n) is 10.5. The van der Waals surface area contributed by atoms with Gasteiger partial charge in [-0.25, -0.2) is 9.59 Å². The van der Waals surface area contributed by atoms with E-state index in [9.17, 15) is 9.59 Å². The van der Waals surface area contributed by atoms with Crippen molar-refractivity contribution in [1.82, 2.24) is 10.6 Å². The van der Waals surface area contributed by atoms with E-state index in [4.69, 9.17) is 4.74 Å². The average molecular weight is 409 g/mol. The number of quaternary nitrogens is 1. The molecule has 2 aromatic rings. The Morgan fingerprint density at radius 2 is 1.73 bits per heavy atom. The Bertz CT molecular complexity index is 907. The van der Waals surface area contributed by atoms with Gasteiger partial charge in [0, 0.05) is 11.1 Å². The topological polar surface area (TPSA) is 84.0 Å². The van der Waals surface area contributed by atoms with Gasteiger partial charge in [-0.15, -0.1) is 0 Å². The van der Waals surface area contributed by atoms with E-state index >= 15 is 0 Å². The fraction of sp³-hybridized carbons (Fsp3) is 0.333. The van der Waals surface area contributed by atoms with Crippen LogP contribution in [0.4, 0.5) is 4.79 Å². The minimum absolute atomic E-state index is 0.0367. The molecule has 1 aliphatic rings. The molecular weight excluding hydrogens is 378 g/mol. The number of nitrogens with one attached hydrogen (secondary N) is 2. The minimum atomic E-state index is -0.383. The number of carbonyl (C=O) groups excluding carboxylic acids is 2. The highest BCUT2D eigenvalue weighted by molar-refractivity contribution is 5.94. The zero-order valence-electron chi connectivity index (χ0n) is 17.8. The molecule has 2 amide bonds. The molecule has 0 spiro atoms. The second-order valence-electron chi connectivity index (χ2n) is 7.41. The van der Waals surface area contributed by atoms with Crippen molar-refractivity contribution in [3.05, 3.63) is 82.6 Å². The van der Waals surface area contributed by atoms with Gasteiger partial charge in [0.2, 0.25) is 0 Å². The van der Waals surface area contributed by atoms with Crippen LogP contribution < -0.4 is 16.0 Å². The number of carbonyl (C=O) groups is 2. The summed E-state index contributed by atoms with van der Waals surface area (Å²) in [7, 11) is 0. The fourth-order valence-corrected chi connectivity index (χ4v) is 3.76. The average Bonchev–Trinajstić information content (AvgIpc) is 2.75. The Morgan fingerprint density at radius 3 is 2.37 bits per heavy atom. The van der Waals surface area contributed by atoms with Crippen molar-refractivity contribution in [3.8, 4) is 0 Å². The molecule has 0 fully saturated rings. The second-order valence-corrected chi connectivity index (χ2v) is 7.41. The van der Waals surface area contributed by atoms with Crippen LogP contribution in [0, 0.1) is 6.92 Å².